The first-order valence-electron chi connectivity index (χ1n) is 13.9. The van der Waals surface area contributed by atoms with Crippen molar-refractivity contribution in [1.82, 2.24) is 9.88 Å². The van der Waals surface area contributed by atoms with Crippen molar-refractivity contribution < 1.29 is 18.4 Å². The van der Waals surface area contributed by atoms with E-state index >= 15 is 0 Å². The summed E-state index contributed by atoms with van der Waals surface area (Å²) >= 11 is 2.06. The quantitative estimate of drug-likeness (QED) is 0.239. The fourth-order valence-corrected chi connectivity index (χ4v) is 10.0. The number of hydrogen-bond donors (Lipinski definition) is 1. The molecule has 0 aliphatic carbocycles. The van der Waals surface area contributed by atoms with Crippen LogP contribution in [0.1, 0.15) is 58.1 Å². The second-order valence-corrected chi connectivity index (χ2v) is 13.9. The highest BCUT2D eigenvalue weighted by molar-refractivity contribution is 7.99. The molecule has 3 fully saturated rings. The number of aliphatic hydroxyl groups is 1. The molecule has 3 aliphatic rings. The maximum Gasteiger partial charge on any atom is 0.500 e. The summed E-state index contributed by atoms with van der Waals surface area (Å²) in [6.07, 6.45) is 6.07. The third-order valence-electron chi connectivity index (χ3n) is 7.80. The zero-order chi connectivity index (χ0) is 25.4. The van der Waals surface area contributed by atoms with Crippen molar-refractivity contribution in [3.63, 3.8) is 0 Å². The van der Waals surface area contributed by atoms with Crippen LogP contribution >= 0.6 is 11.8 Å². The topological polar surface area (TPSA) is 64.1 Å². The van der Waals surface area contributed by atoms with E-state index < -0.39 is 14.9 Å². The van der Waals surface area contributed by atoms with Gasteiger partial charge in [-0.3, -0.25) is 9.88 Å². The molecule has 2 bridgehead atoms. The van der Waals surface area contributed by atoms with Gasteiger partial charge in [-0.15, -0.1) is 0 Å². The standard InChI is InChI=1S/C28H44N2O4SSi/c1-4-32-36(33-5-2,34-6-3)19-9-17-35-18-14-23-21-30-16-13-22(23)20-27(30)28(31)25-12-15-29-26-11-8-7-10-24(25)26/h7-8,10-12,15,22-23,27-28,31H,4-6,9,13-14,16-21H2,1-3H3. The first kappa shape index (κ1) is 28.0. The van der Waals surface area contributed by atoms with Crippen LogP contribution in [0.25, 0.3) is 10.9 Å². The van der Waals surface area contributed by atoms with Crippen LogP contribution in [0.4, 0.5) is 0 Å². The number of fused-ring (bicyclic) bond motifs is 4. The number of hydrogen-bond acceptors (Lipinski definition) is 7. The van der Waals surface area contributed by atoms with Gasteiger partial charge in [-0.2, -0.15) is 11.8 Å². The first-order valence-corrected chi connectivity index (χ1v) is 16.9. The van der Waals surface area contributed by atoms with Crippen molar-refractivity contribution in [2.24, 2.45) is 11.8 Å². The van der Waals surface area contributed by atoms with Crippen LogP contribution in [0, 0.1) is 11.8 Å². The van der Waals surface area contributed by atoms with Gasteiger partial charge in [-0.25, -0.2) is 0 Å². The van der Waals surface area contributed by atoms with E-state index in [1.165, 1.54) is 18.6 Å². The van der Waals surface area contributed by atoms with E-state index in [0.29, 0.717) is 19.8 Å². The monoisotopic (exact) mass is 532 g/mol. The molecule has 5 atom stereocenters. The number of piperidine rings is 3. The van der Waals surface area contributed by atoms with Crippen molar-refractivity contribution in [3.05, 3.63) is 42.1 Å². The third-order valence-corrected chi connectivity index (χ3v) is 12.1. The minimum absolute atomic E-state index is 0.215. The van der Waals surface area contributed by atoms with Gasteiger partial charge in [0.2, 0.25) is 0 Å². The fraction of sp³-hybridized carbons (Fsp3) is 0.679. The molecule has 6 nitrogen and oxygen atoms in total. The number of aliphatic hydroxyl groups excluding tert-OH is 1. The summed E-state index contributed by atoms with van der Waals surface area (Å²) < 4.78 is 18.0. The highest BCUT2D eigenvalue weighted by Crippen LogP contribution is 2.43. The molecule has 36 heavy (non-hydrogen) atoms. The largest absolute Gasteiger partial charge is 0.500 e. The SMILES string of the molecule is CCO[Si](CCCSCCC1CN2CCC1CC2C(O)c1ccnc2ccccc12)(OCC)OCC. The molecule has 4 heterocycles. The molecule has 1 N–H and O–H groups in total. The van der Waals surface area contributed by atoms with Crippen LogP contribution in [-0.4, -0.2) is 74.3 Å². The number of benzene rings is 1. The van der Waals surface area contributed by atoms with Crippen LogP contribution in [0.2, 0.25) is 6.04 Å². The lowest BCUT2D eigenvalue weighted by molar-refractivity contribution is -0.0559. The van der Waals surface area contributed by atoms with E-state index in [-0.39, 0.29) is 6.04 Å². The summed E-state index contributed by atoms with van der Waals surface area (Å²) in [5.74, 6) is 3.79. The summed E-state index contributed by atoms with van der Waals surface area (Å²) in [5.41, 5.74) is 1.99. The van der Waals surface area contributed by atoms with Gasteiger partial charge in [0, 0.05) is 50.0 Å². The van der Waals surface area contributed by atoms with Gasteiger partial charge in [-0.1, -0.05) is 18.2 Å². The molecule has 5 unspecified atom stereocenters. The first-order chi connectivity index (χ1) is 17.6. The Morgan fingerprint density at radius 3 is 2.53 bits per heavy atom. The molecule has 5 rings (SSSR count). The van der Waals surface area contributed by atoms with Gasteiger partial charge in [0.1, 0.15) is 0 Å². The van der Waals surface area contributed by atoms with Crippen molar-refractivity contribution in [3.8, 4) is 0 Å². The molecule has 0 spiro atoms. The minimum Gasteiger partial charge on any atom is -0.387 e. The summed E-state index contributed by atoms with van der Waals surface area (Å²) in [6, 6.07) is 11.3. The molecule has 1 aromatic carbocycles. The summed E-state index contributed by atoms with van der Waals surface area (Å²) in [4.78, 5) is 7.04. The minimum atomic E-state index is -2.51. The number of para-hydroxylation sites is 1. The Hall–Kier alpha value is -1.00. The van der Waals surface area contributed by atoms with Crippen molar-refractivity contribution in [2.45, 2.75) is 64.6 Å². The summed E-state index contributed by atoms with van der Waals surface area (Å²) in [5, 5.41) is 12.5. The Labute approximate surface area is 222 Å². The van der Waals surface area contributed by atoms with Gasteiger partial charge in [-0.05, 0) is 94.0 Å². The van der Waals surface area contributed by atoms with Gasteiger partial charge >= 0.3 is 8.80 Å². The highest BCUT2D eigenvalue weighted by Gasteiger charge is 2.43. The lowest BCUT2D eigenvalue weighted by Gasteiger charge is -2.51. The number of aromatic nitrogens is 1. The van der Waals surface area contributed by atoms with Gasteiger partial charge in [0.05, 0.1) is 11.6 Å². The predicted molar refractivity (Wildman–Crippen MR) is 150 cm³/mol. The normalized spacial score (nSPS) is 24.9. The Morgan fingerprint density at radius 1 is 1.08 bits per heavy atom. The second-order valence-electron chi connectivity index (χ2n) is 9.96. The average Bonchev–Trinajstić information content (AvgIpc) is 2.90. The van der Waals surface area contributed by atoms with Crippen LogP contribution in [0.3, 0.4) is 0 Å². The lowest BCUT2D eigenvalue weighted by Crippen LogP contribution is -2.55. The van der Waals surface area contributed by atoms with E-state index in [0.717, 1.165) is 66.0 Å². The molecule has 3 saturated heterocycles. The lowest BCUT2D eigenvalue weighted by atomic mass is 9.72. The maximum atomic E-state index is 11.4. The van der Waals surface area contributed by atoms with Crippen LogP contribution in [0.5, 0.6) is 0 Å². The number of rotatable bonds is 15. The molecule has 8 heteroatoms. The van der Waals surface area contributed by atoms with Crippen molar-refractivity contribution in [2.75, 3.05) is 44.4 Å². The molecular weight excluding hydrogens is 488 g/mol. The molecule has 3 aliphatic heterocycles. The number of pyridine rings is 1. The highest BCUT2D eigenvalue weighted by atomic mass is 32.2. The Balaban J connectivity index is 1.23. The van der Waals surface area contributed by atoms with Gasteiger partial charge in [0.25, 0.3) is 0 Å². The summed E-state index contributed by atoms with van der Waals surface area (Å²) in [7, 11) is -2.51. The van der Waals surface area contributed by atoms with Crippen molar-refractivity contribution in [1.29, 1.82) is 0 Å². The molecule has 2 aromatic rings. The van der Waals surface area contributed by atoms with E-state index in [4.69, 9.17) is 13.3 Å². The van der Waals surface area contributed by atoms with E-state index in [2.05, 4.69) is 27.7 Å². The van der Waals surface area contributed by atoms with E-state index in [1.807, 2.05) is 51.2 Å². The number of thioether (sulfide) groups is 1. The Morgan fingerprint density at radius 2 is 1.83 bits per heavy atom. The van der Waals surface area contributed by atoms with Gasteiger partial charge < -0.3 is 18.4 Å². The average molecular weight is 533 g/mol. The smallest absolute Gasteiger partial charge is 0.387 e. The second kappa shape index (κ2) is 13.7. The maximum absolute atomic E-state index is 11.4. The summed E-state index contributed by atoms with van der Waals surface area (Å²) in [6.45, 7) is 10.2. The fourth-order valence-electron chi connectivity index (χ4n) is 6.15. The zero-order valence-corrected chi connectivity index (χ0v) is 24.0. The van der Waals surface area contributed by atoms with Crippen LogP contribution < -0.4 is 0 Å². The van der Waals surface area contributed by atoms with Gasteiger partial charge in [0.15, 0.2) is 0 Å². The van der Waals surface area contributed by atoms with Crippen LogP contribution in [-0.2, 0) is 13.3 Å². The zero-order valence-electron chi connectivity index (χ0n) is 22.2. The van der Waals surface area contributed by atoms with Crippen LogP contribution in [0.15, 0.2) is 36.5 Å². The number of nitrogens with zero attached hydrogens (tertiary/aromatic N) is 2. The molecule has 0 amide bonds. The van der Waals surface area contributed by atoms with E-state index in [1.54, 1.807) is 0 Å². The Kier molecular flexibility index (Phi) is 10.7. The predicted octanol–water partition coefficient (Wildman–Crippen LogP) is 5.54. The van der Waals surface area contributed by atoms with Crippen molar-refractivity contribution >= 4 is 31.5 Å². The molecule has 0 saturated carbocycles. The molecule has 200 valence electrons. The van der Waals surface area contributed by atoms with E-state index in [9.17, 15) is 5.11 Å². The molecular formula is C28H44N2O4SSi. The Bertz CT molecular complexity index is 928. The molecule has 0 radical (unpaired) electrons. The molecule has 1 aromatic heterocycles. The third kappa shape index (κ3) is 6.70.